The molecule has 1 nitrogen and oxygen atoms in total. The molecule has 0 unspecified atom stereocenters. The second-order valence-corrected chi connectivity index (χ2v) is 3.48. The van der Waals surface area contributed by atoms with Gasteiger partial charge in [-0.15, -0.1) is 11.8 Å². The molecule has 0 spiro atoms. The lowest BCUT2D eigenvalue weighted by Gasteiger charge is -2.19. The molecular formula is C7H14F2OS. The lowest BCUT2D eigenvalue weighted by atomic mass is 10.1. The Labute approximate surface area is 70.5 Å². The van der Waals surface area contributed by atoms with E-state index in [4.69, 9.17) is 4.74 Å². The predicted octanol–water partition coefficient (Wildman–Crippen LogP) is 2.61. The van der Waals surface area contributed by atoms with Crippen molar-refractivity contribution in [3.63, 3.8) is 0 Å². The van der Waals surface area contributed by atoms with Crippen molar-refractivity contribution in [1.29, 1.82) is 0 Å². The SMILES string of the molecule is CSCOCC(F)(F)C(C)C. The summed E-state index contributed by atoms with van der Waals surface area (Å²) in [6, 6.07) is 0. The Morgan fingerprint density at radius 1 is 1.45 bits per heavy atom. The van der Waals surface area contributed by atoms with Gasteiger partial charge in [-0.1, -0.05) is 13.8 Å². The Balaban J connectivity index is 3.55. The molecular weight excluding hydrogens is 170 g/mol. The third kappa shape index (κ3) is 4.58. The number of rotatable bonds is 5. The first kappa shape index (κ1) is 11.2. The van der Waals surface area contributed by atoms with E-state index in [1.165, 1.54) is 25.6 Å². The summed E-state index contributed by atoms with van der Waals surface area (Å²) in [6.07, 6.45) is 1.81. The van der Waals surface area contributed by atoms with Crippen molar-refractivity contribution in [2.24, 2.45) is 5.92 Å². The Morgan fingerprint density at radius 3 is 2.36 bits per heavy atom. The number of halogens is 2. The van der Waals surface area contributed by atoms with Crippen molar-refractivity contribution < 1.29 is 13.5 Å². The molecule has 0 amide bonds. The van der Waals surface area contributed by atoms with Crippen molar-refractivity contribution in [2.45, 2.75) is 19.8 Å². The van der Waals surface area contributed by atoms with Gasteiger partial charge in [0.05, 0.1) is 5.94 Å². The number of alkyl halides is 2. The topological polar surface area (TPSA) is 9.23 Å². The summed E-state index contributed by atoms with van der Waals surface area (Å²) in [5.74, 6) is -3.00. The van der Waals surface area contributed by atoms with Gasteiger partial charge in [-0.25, -0.2) is 8.78 Å². The lowest BCUT2D eigenvalue weighted by Crippen LogP contribution is -2.29. The standard InChI is InChI=1S/C7H14F2OS/c1-6(2)7(8,9)4-10-5-11-3/h6H,4-5H2,1-3H3. The van der Waals surface area contributed by atoms with E-state index in [1.54, 1.807) is 0 Å². The van der Waals surface area contributed by atoms with E-state index in [1.807, 2.05) is 6.26 Å². The van der Waals surface area contributed by atoms with Crippen LogP contribution in [0.15, 0.2) is 0 Å². The quantitative estimate of drug-likeness (QED) is 0.480. The Morgan fingerprint density at radius 2 is 2.00 bits per heavy atom. The maximum Gasteiger partial charge on any atom is 0.273 e. The molecule has 0 fully saturated rings. The van der Waals surface area contributed by atoms with Gasteiger partial charge >= 0.3 is 0 Å². The molecule has 0 saturated carbocycles. The van der Waals surface area contributed by atoms with Crippen LogP contribution in [0.5, 0.6) is 0 Å². The zero-order chi connectivity index (χ0) is 8.91. The maximum atomic E-state index is 12.7. The molecule has 0 aliphatic rings. The van der Waals surface area contributed by atoms with E-state index in [2.05, 4.69) is 0 Å². The first-order valence-electron chi connectivity index (χ1n) is 3.45. The average Bonchev–Trinajstić information content (AvgIpc) is 1.88. The van der Waals surface area contributed by atoms with Gasteiger partial charge in [-0.05, 0) is 6.26 Å². The van der Waals surface area contributed by atoms with E-state index in [9.17, 15) is 8.78 Å². The molecule has 4 heteroatoms. The van der Waals surface area contributed by atoms with Crippen LogP contribution in [0.2, 0.25) is 0 Å². The number of ether oxygens (including phenoxy) is 1. The van der Waals surface area contributed by atoms with Crippen LogP contribution in [0.3, 0.4) is 0 Å². The number of hydrogen-bond donors (Lipinski definition) is 0. The molecule has 0 saturated heterocycles. The van der Waals surface area contributed by atoms with Gasteiger partial charge in [0.25, 0.3) is 5.92 Å². The normalized spacial score (nSPS) is 12.5. The fraction of sp³-hybridized carbons (Fsp3) is 1.00. The van der Waals surface area contributed by atoms with Crippen LogP contribution in [-0.2, 0) is 4.74 Å². The largest absolute Gasteiger partial charge is 0.365 e. The van der Waals surface area contributed by atoms with Crippen LogP contribution >= 0.6 is 11.8 Å². The van der Waals surface area contributed by atoms with E-state index in [0.29, 0.717) is 5.94 Å². The van der Waals surface area contributed by atoms with Gasteiger partial charge in [-0.3, -0.25) is 0 Å². The fourth-order valence-electron chi connectivity index (χ4n) is 0.428. The van der Waals surface area contributed by atoms with E-state index < -0.39 is 18.4 Å². The van der Waals surface area contributed by atoms with Crippen molar-refractivity contribution >= 4 is 11.8 Å². The zero-order valence-corrected chi connectivity index (χ0v) is 7.88. The minimum absolute atomic E-state index is 0.336. The summed E-state index contributed by atoms with van der Waals surface area (Å²) in [6.45, 7) is 2.51. The number of hydrogen-bond acceptors (Lipinski definition) is 2. The molecule has 11 heavy (non-hydrogen) atoms. The predicted molar refractivity (Wildman–Crippen MR) is 44.1 cm³/mol. The molecule has 0 bridgehead atoms. The maximum absolute atomic E-state index is 12.7. The van der Waals surface area contributed by atoms with Gasteiger partial charge in [0.15, 0.2) is 0 Å². The van der Waals surface area contributed by atoms with Crippen molar-refractivity contribution in [3.8, 4) is 0 Å². The Kier molecular flexibility index (Phi) is 5.01. The first-order valence-corrected chi connectivity index (χ1v) is 4.84. The minimum Gasteiger partial charge on any atom is -0.365 e. The summed E-state index contributed by atoms with van der Waals surface area (Å²) in [5, 5.41) is 0. The van der Waals surface area contributed by atoms with Crippen LogP contribution in [0.4, 0.5) is 8.78 Å². The molecule has 0 aliphatic carbocycles. The van der Waals surface area contributed by atoms with Crippen LogP contribution in [0, 0.1) is 5.92 Å². The third-order valence-corrected chi connectivity index (χ3v) is 1.74. The summed E-state index contributed by atoms with van der Waals surface area (Å²) < 4.78 is 30.2. The van der Waals surface area contributed by atoms with Gasteiger partial charge in [0.1, 0.15) is 6.61 Å². The first-order chi connectivity index (χ1) is 5.00. The van der Waals surface area contributed by atoms with E-state index in [-0.39, 0.29) is 0 Å². The second-order valence-electron chi connectivity index (χ2n) is 2.67. The highest BCUT2D eigenvalue weighted by molar-refractivity contribution is 7.98. The van der Waals surface area contributed by atoms with Crippen molar-refractivity contribution in [1.82, 2.24) is 0 Å². The molecule has 68 valence electrons. The molecule has 0 rings (SSSR count). The van der Waals surface area contributed by atoms with Crippen molar-refractivity contribution in [2.75, 3.05) is 18.8 Å². The van der Waals surface area contributed by atoms with Crippen molar-refractivity contribution in [3.05, 3.63) is 0 Å². The molecule has 0 radical (unpaired) electrons. The molecule has 0 aliphatic heterocycles. The van der Waals surface area contributed by atoms with Crippen LogP contribution in [-0.4, -0.2) is 24.7 Å². The van der Waals surface area contributed by atoms with Gasteiger partial charge < -0.3 is 4.74 Å². The number of thioether (sulfide) groups is 1. The fourth-order valence-corrected chi connectivity index (χ4v) is 0.678. The second kappa shape index (κ2) is 4.93. The summed E-state index contributed by atoms with van der Waals surface area (Å²) in [4.78, 5) is 0. The Hall–Kier alpha value is 0.170. The van der Waals surface area contributed by atoms with Gasteiger partial charge in [0, 0.05) is 5.92 Å². The highest BCUT2D eigenvalue weighted by Crippen LogP contribution is 2.24. The highest BCUT2D eigenvalue weighted by atomic mass is 32.2. The van der Waals surface area contributed by atoms with E-state index >= 15 is 0 Å². The summed E-state index contributed by atoms with van der Waals surface area (Å²) in [5.41, 5.74) is 0. The third-order valence-electron chi connectivity index (χ3n) is 1.34. The van der Waals surface area contributed by atoms with Gasteiger partial charge in [-0.2, -0.15) is 0 Å². The molecule has 0 N–H and O–H groups in total. The molecule has 0 atom stereocenters. The zero-order valence-electron chi connectivity index (χ0n) is 7.06. The summed E-state index contributed by atoms with van der Waals surface area (Å²) >= 11 is 1.40. The summed E-state index contributed by atoms with van der Waals surface area (Å²) in [7, 11) is 0. The van der Waals surface area contributed by atoms with E-state index in [0.717, 1.165) is 0 Å². The monoisotopic (exact) mass is 184 g/mol. The smallest absolute Gasteiger partial charge is 0.273 e. The highest BCUT2D eigenvalue weighted by Gasteiger charge is 2.33. The van der Waals surface area contributed by atoms with Crippen LogP contribution < -0.4 is 0 Å². The molecule has 0 aromatic heterocycles. The van der Waals surface area contributed by atoms with Crippen LogP contribution in [0.1, 0.15) is 13.8 Å². The average molecular weight is 184 g/mol. The molecule has 0 aromatic carbocycles. The molecule has 0 heterocycles. The lowest BCUT2D eigenvalue weighted by molar-refractivity contribution is -0.100. The molecule has 0 aromatic rings. The Bertz CT molecular complexity index is 107. The van der Waals surface area contributed by atoms with Gasteiger partial charge in [0.2, 0.25) is 0 Å². The minimum atomic E-state index is -2.68. The van der Waals surface area contributed by atoms with Crippen LogP contribution in [0.25, 0.3) is 0 Å².